The van der Waals surface area contributed by atoms with Crippen molar-refractivity contribution < 1.29 is 9.53 Å². The second-order valence-corrected chi connectivity index (χ2v) is 2.98. The summed E-state index contributed by atoms with van der Waals surface area (Å²) in [5, 5.41) is 0. The molecule has 1 fully saturated rings. The molecule has 0 bridgehead atoms. The van der Waals surface area contributed by atoms with Crippen LogP contribution in [0.15, 0.2) is 0 Å². The maximum atomic E-state index is 11.3. The van der Waals surface area contributed by atoms with Gasteiger partial charge in [-0.25, -0.2) is 0 Å². The van der Waals surface area contributed by atoms with Gasteiger partial charge >= 0.3 is 0 Å². The standard InChI is InChI=1S/C10H14O2/c1-2-3-4-5-10(11)9-6-7-12-8-9/h9H,2-3,6-8H2,1H3/t9-/m1/s1. The van der Waals surface area contributed by atoms with Crippen molar-refractivity contribution in [3.63, 3.8) is 0 Å². The molecule has 0 aromatic rings. The summed E-state index contributed by atoms with van der Waals surface area (Å²) in [6.07, 6.45) is 2.68. The van der Waals surface area contributed by atoms with E-state index in [1.807, 2.05) is 0 Å². The zero-order valence-electron chi connectivity index (χ0n) is 7.43. The first kappa shape index (κ1) is 9.28. The molecule has 0 unspecified atom stereocenters. The van der Waals surface area contributed by atoms with E-state index in [0.29, 0.717) is 13.2 Å². The number of Topliss-reactive ketones (excluding diaryl/α,β-unsaturated/α-hetero) is 1. The molecule has 0 aromatic heterocycles. The Morgan fingerprint density at radius 1 is 1.67 bits per heavy atom. The van der Waals surface area contributed by atoms with Crippen LogP contribution in [0.4, 0.5) is 0 Å². The van der Waals surface area contributed by atoms with E-state index in [2.05, 4.69) is 18.8 Å². The van der Waals surface area contributed by atoms with Crippen molar-refractivity contribution in [2.24, 2.45) is 5.92 Å². The monoisotopic (exact) mass is 166 g/mol. The maximum absolute atomic E-state index is 11.3. The van der Waals surface area contributed by atoms with E-state index in [1.165, 1.54) is 0 Å². The second kappa shape index (κ2) is 4.95. The van der Waals surface area contributed by atoms with E-state index >= 15 is 0 Å². The molecule has 1 saturated heterocycles. The predicted molar refractivity (Wildman–Crippen MR) is 46.6 cm³/mol. The molecule has 0 radical (unpaired) electrons. The Labute approximate surface area is 73.3 Å². The summed E-state index contributed by atoms with van der Waals surface area (Å²) >= 11 is 0. The first-order valence-electron chi connectivity index (χ1n) is 4.45. The number of hydrogen-bond acceptors (Lipinski definition) is 2. The van der Waals surface area contributed by atoms with Gasteiger partial charge in [-0.05, 0) is 18.8 Å². The van der Waals surface area contributed by atoms with Crippen molar-refractivity contribution >= 4 is 5.78 Å². The number of ketones is 1. The summed E-state index contributed by atoms with van der Waals surface area (Å²) in [5.74, 6) is 5.62. The van der Waals surface area contributed by atoms with Crippen LogP contribution in [0.25, 0.3) is 0 Å². The third kappa shape index (κ3) is 2.67. The van der Waals surface area contributed by atoms with Gasteiger partial charge in [0.1, 0.15) is 0 Å². The van der Waals surface area contributed by atoms with E-state index in [4.69, 9.17) is 4.74 Å². The van der Waals surface area contributed by atoms with Gasteiger partial charge in [0.25, 0.3) is 0 Å². The lowest BCUT2D eigenvalue weighted by molar-refractivity contribution is -0.117. The number of rotatable bonds is 2. The lowest BCUT2D eigenvalue weighted by Crippen LogP contribution is -2.11. The first-order valence-corrected chi connectivity index (χ1v) is 4.45. The SMILES string of the molecule is CCCC#CC(=O)[C@@H]1CCOC1. The quantitative estimate of drug-likeness (QED) is 0.458. The first-order chi connectivity index (χ1) is 5.84. The van der Waals surface area contributed by atoms with Crippen LogP contribution in [0.5, 0.6) is 0 Å². The molecule has 0 amide bonds. The van der Waals surface area contributed by atoms with Gasteiger partial charge in [-0.15, -0.1) is 0 Å². The summed E-state index contributed by atoms with van der Waals surface area (Å²) in [5.41, 5.74) is 0. The molecule has 0 aromatic carbocycles. The van der Waals surface area contributed by atoms with Gasteiger partial charge in [-0.3, -0.25) is 4.79 Å². The maximum Gasteiger partial charge on any atom is 0.210 e. The average Bonchev–Trinajstić information content (AvgIpc) is 2.56. The fourth-order valence-electron chi connectivity index (χ4n) is 1.12. The highest BCUT2D eigenvalue weighted by molar-refractivity contribution is 5.97. The lowest BCUT2D eigenvalue weighted by Gasteiger charge is -1.97. The minimum Gasteiger partial charge on any atom is -0.381 e. The summed E-state index contributed by atoms with van der Waals surface area (Å²) in [6, 6.07) is 0. The van der Waals surface area contributed by atoms with Gasteiger partial charge in [0.2, 0.25) is 5.78 Å². The normalized spacial score (nSPS) is 21.6. The minimum absolute atomic E-state index is 0.0503. The molecule has 0 spiro atoms. The van der Waals surface area contributed by atoms with E-state index in [1.54, 1.807) is 0 Å². The smallest absolute Gasteiger partial charge is 0.210 e. The molecule has 1 aliphatic heterocycles. The summed E-state index contributed by atoms with van der Waals surface area (Å²) in [6.45, 7) is 3.34. The zero-order chi connectivity index (χ0) is 8.81. The fourth-order valence-corrected chi connectivity index (χ4v) is 1.12. The second-order valence-electron chi connectivity index (χ2n) is 2.98. The molecule has 0 saturated carbocycles. The van der Waals surface area contributed by atoms with Crippen LogP contribution in [0.3, 0.4) is 0 Å². The molecule has 1 heterocycles. The van der Waals surface area contributed by atoms with Crippen molar-refractivity contribution in [3.8, 4) is 11.8 Å². The van der Waals surface area contributed by atoms with Crippen molar-refractivity contribution in [1.29, 1.82) is 0 Å². The molecule has 0 aliphatic carbocycles. The van der Waals surface area contributed by atoms with Gasteiger partial charge in [0.15, 0.2) is 0 Å². The molecule has 12 heavy (non-hydrogen) atoms. The van der Waals surface area contributed by atoms with Gasteiger partial charge in [0, 0.05) is 13.0 Å². The van der Waals surface area contributed by atoms with Crippen molar-refractivity contribution in [3.05, 3.63) is 0 Å². The van der Waals surface area contributed by atoms with Gasteiger partial charge in [-0.2, -0.15) is 0 Å². The Hall–Kier alpha value is -0.810. The van der Waals surface area contributed by atoms with E-state index in [0.717, 1.165) is 19.3 Å². The molecular weight excluding hydrogens is 152 g/mol. The number of carbonyl (C=O) groups excluding carboxylic acids is 1. The number of hydrogen-bond donors (Lipinski definition) is 0. The van der Waals surface area contributed by atoms with Crippen LogP contribution in [0, 0.1) is 17.8 Å². The molecular formula is C10H14O2. The van der Waals surface area contributed by atoms with Gasteiger partial charge < -0.3 is 4.74 Å². The Balaban J connectivity index is 2.33. The van der Waals surface area contributed by atoms with E-state index in [-0.39, 0.29) is 11.7 Å². The Kier molecular flexibility index (Phi) is 3.83. The molecule has 0 N–H and O–H groups in total. The largest absolute Gasteiger partial charge is 0.381 e. The Morgan fingerprint density at radius 3 is 3.08 bits per heavy atom. The third-order valence-electron chi connectivity index (χ3n) is 1.89. The topological polar surface area (TPSA) is 26.3 Å². The average molecular weight is 166 g/mol. The molecule has 66 valence electrons. The van der Waals surface area contributed by atoms with Crippen LogP contribution in [0.2, 0.25) is 0 Å². The van der Waals surface area contributed by atoms with Crippen LogP contribution >= 0.6 is 0 Å². The highest BCUT2D eigenvalue weighted by atomic mass is 16.5. The van der Waals surface area contributed by atoms with Crippen LogP contribution in [-0.4, -0.2) is 19.0 Å². The summed E-state index contributed by atoms with van der Waals surface area (Å²) < 4.78 is 5.10. The highest BCUT2D eigenvalue weighted by Gasteiger charge is 2.21. The number of carbonyl (C=O) groups is 1. The fraction of sp³-hybridized carbons (Fsp3) is 0.700. The van der Waals surface area contributed by atoms with Crippen molar-refractivity contribution in [2.45, 2.75) is 26.2 Å². The van der Waals surface area contributed by atoms with E-state index in [9.17, 15) is 4.79 Å². The summed E-state index contributed by atoms with van der Waals surface area (Å²) in [4.78, 5) is 11.3. The minimum atomic E-state index is 0.0503. The third-order valence-corrected chi connectivity index (χ3v) is 1.89. The zero-order valence-corrected chi connectivity index (χ0v) is 7.43. The number of ether oxygens (including phenoxy) is 1. The van der Waals surface area contributed by atoms with Gasteiger partial charge in [-0.1, -0.05) is 12.8 Å². The Morgan fingerprint density at radius 2 is 2.50 bits per heavy atom. The molecule has 1 rings (SSSR count). The van der Waals surface area contributed by atoms with Crippen LogP contribution in [0.1, 0.15) is 26.2 Å². The van der Waals surface area contributed by atoms with Crippen LogP contribution < -0.4 is 0 Å². The molecule has 1 aliphatic rings. The molecule has 2 heteroatoms. The molecule has 1 atom stereocenters. The van der Waals surface area contributed by atoms with Crippen molar-refractivity contribution in [1.82, 2.24) is 0 Å². The Bertz CT molecular complexity index is 204. The lowest BCUT2D eigenvalue weighted by atomic mass is 10.0. The summed E-state index contributed by atoms with van der Waals surface area (Å²) in [7, 11) is 0. The number of unbranched alkanes of at least 4 members (excludes halogenated alkanes) is 1. The highest BCUT2D eigenvalue weighted by Crippen LogP contribution is 2.12. The van der Waals surface area contributed by atoms with Crippen molar-refractivity contribution in [2.75, 3.05) is 13.2 Å². The van der Waals surface area contributed by atoms with E-state index < -0.39 is 0 Å². The van der Waals surface area contributed by atoms with Gasteiger partial charge in [0.05, 0.1) is 12.5 Å². The molecule has 2 nitrogen and oxygen atoms in total. The van der Waals surface area contributed by atoms with Crippen LogP contribution in [-0.2, 0) is 9.53 Å². The predicted octanol–water partition coefficient (Wildman–Crippen LogP) is 1.40.